The molecule has 0 saturated carbocycles. The number of hydrogen-bond acceptors (Lipinski definition) is 6. The largest absolute Gasteiger partial charge is 0.466 e. The van der Waals surface area contributed by atoms with E-state index in [1.807, 2.05) is 0 Å². The van der Waals surface area contributed by atoms with Crippen LogP contribution in [0.4, 0.5) is 0 Å². The van der Waals surface area contributed by atoms with Crippen LogP contribution in [0.2, 0.25) is 0 Å². The molecule has 0 heterocycles. The molecule has 0 fully saturated rings. The lowest BCUT2D eigenvalue weighted by Crippen LogP contribution is -2.30. The number of carbonyl (C=O) groups is 2. The van der Waals surface area contributed by atoms with Crippen molar-refractivity contribution in [3.8, 4) is 0 Å². The molecule has 0 aliphatic carbocycles. The van der Waals surface area contributed by atoms with Gasteiger partial charge in [0.15, 0.2) is 0 Å². The van der Waals surface area contributed by atoms with Crippen molar-refractivity contribution < 1.29 is 24.2 Å². The Balaban J connectivity index is 3.70. The van der Waals surface area contributed by atoms with Gasteiger partial charge in [-0.3, -0.25) is 4.79 Å². The minimum Gasteiger partial charge on any atom is -0.466 e. The minimum atomic E-state index is -0.0313. The molecule has 1 N–H and O–H groups in total. The van der Waals surface area contributed by atoms with Crippen LogP contribution in [0.5, 0.6) is 0 Å². The van der Waals surface area contributed by atoms with E-state index in [4.69, 9.17) is 14.6 Å². The third-order valence-electron chi connectivity index (χ3n) is 6.45. The highest BCUT2D eigenvalue weighted by Crippen LogP contribution is 2.10. The van der Waals surface area contributed by atoms with Gasteiger partial charge in [0.25, 0.3) is 0 Å². The van der Waals surface area contributed by atoms with Gasteiger partial charge in [-0.1, -0.05) is 84.0 Å². The van der Waals surface area contributed by atoms with Crippen LogP contribution in [0.25, 0.3) is 0 Å². The van der Waals surface area contributed by atoms with Crippen molar-refractivity contribution >= 4 is 12.3 Å². The second-order valence-corrected chi connectivity index (χ2v) is 9.76. The molecule has 0 aliphatic heterocycles. The van der Waals surface area contributed by atoms with Gasteiger partial charge in [0.2, 0.25) is 0 Å². The fourth-order valence-corrected chi connectivity index (χ4v) is 4.24. The molecule has 0 unspecified atom stereocenters. The van der Waals surface area contributed by atoms with Crippen LogP contribution in [0, 0.1) is 0 Å². The van der Waals surface area contributed by atoms with E-state index < -0.39 is 0 Å². The van der Waals surface area contributed by atoms with Crippen LogP contribution >= 0.6 is 0 Å². The zero-order valence-corrected chi connectivity index (χ0v) is 23.0. The first-order chi connectivity index (χ1) is 17.2. The van der Waals surface area contributed by atoms with Crippen LogP contribution in [-0.4, -0.2) is 68.3 Å². The molecule has 0 rings (SSSR count). The number of esters is 1. The lowest BCUT2D eigenvalue weighted by Gasteiger charge is -2.22. The lowest BCUT2D eigenvalue weighted by molar-refractivity contribution is -0.143. The monoisotopic (exact) mass is 499 g/mol. The summed E-state index contributed by atoms with van der Waals surface area (Å²) < 4.78 is 10.8. The Labute approximate surface area is 216 Å². The maximum atomic E-state index is 11.9. The summed E-state index contributed by atoms with van der Waals surface area (Å²) in [6, 6.07) is 0. The molecule has 0 aromatic heterocycles. The third kappa shape index (κ3) is 27.5. The van der Waals surface area contributed by atoms with Gasteiger partial charge in [0.1, 0.15) is 6.29 Å². The van der Waals surface area contributed by atoms with Gasteiger partial charge in [-0.05, 0) is 45.2 Å². The second kappa shape index (κ2) is 29.3. The maximum absolute atomic E-state index is 11.9. The Morgan fingerprint density at radius 2 is 1.26 bits per heavy atom. The molecular weight excluding hydrogens is 442 g/mol. The molecule has 0 spiro atoms. The minimum absolute atomic E-state index is 0.0313. The van der Waals surface area contributed by atoms with Gasteiger partial charge >= 0.3 is 5.97 Å². The van der Waals surface area contributed by atoms with Gasteiger partial charge in [-0.25, -0.2) is 0 Å². The van der Waals surface area contributed by atoms with Gasteiger partial charge < -0.3 is 24.3 Å². The van der Waals surface area contributed by atoms with Gasteiger partial charge in [-0.2, -0.15) is 0 Å². The topological polar surface area (TPSA) is 76.1 Å². The lowest BCUT2D eigenvalue weighted by atomic mass is 10.1. The summed E-state index contributed by atoms with van der Waals surface area (Å²) in [5.74, 6) is -0.0313. The van der Waals surface area contributed by atoms with E-state index in [0.29, 0.717) is 32.7 Å². The standard InChI is InChI=1S/C29H57NO5/c1-2-3-4-5-8-14-19-26-35-29(33)20-15-10-9-12-17-22-30(23-27-34-28-25-32)21-16-11-6-7-13-18-24-31/h24,32H,2-23,25-28H2,1H3. The van der Waals surface area contributed by atoms with Gasteiger partial charge in [0, 0.05) is 19.4 Å². The summed E-state index contributed by atoms with van der Waals surface area (Å²) in [4.78, 5) is 24.7. The van der Waals surface area contributed by atoms with Crippen molar-refractivity contribution in [3.63, 3.8) is 0 Å². The van der Waals surface area contributed by atoms with Gasteiger partial charge in [0.05, 0.1) is 26.4 Å². The zero-order chi connectivity index (χ0) is 25.7. The first-order valence-electron chi connectivity index (χ1n) is 14.7. The molecule has 0 saturated heterocycles. The van der Waals surface area contributed by atoms with E-state index in [2.05, 4.69) is 11.8 Å². The van der Waals surface area contributed by atoms with E-state index in [1.165, 1.54) is 70.6 Å². The molecule has 0 aliphatic rings. The molecule has 6 heteroatoms. The Morgan fingerprint density at radius 3 is 1.89 bits per heavy atom. The van der Waals surface area contributed by atoms with Crippen molar-refractivity contribution in [2.24, 2.45) is 0 Å². The van der Waals surface area contributed by atoms with E-state index in [0.717, 1.165) is 64.4 Å². The average molecular weight is 500 g/mol. The number of rotatable bonds is 29. The summed E-state index contributed by atoms with van der Waals surface area (Å²) in [7, 11) is 0. The highest BCUT2D eigenvalue weighted by atomic mass is 16.5. The first-order valence-corrected chi connectivity index (χ1v) is 14.7. The summed E-state index contributed by atoms with van der Waals surface area (Å²) in [5.41, 5.74) is 0. The predicted octanol–water partition coefficient (Wildman–Crippen LogP) is 6.47. The van der Waals surface area contributed by atoms with Crippen LogP contribution in [0.3, 0.4) is 0 Å². The Bertz CT molecular complexity index is 447. The van der Waals surface area contributed by atoms with Crippen molar-refractivity contribution in [2.45, 2.75) is 129 Å². The number of aliphatic hydroxyl groups excluding tert-OH is 1. The van der Waals surface area contributed by atoms with E-state index in [9.17, 15) is 9.59 Å². The number of carbonyl (C=O) groups excluding carboxylic acids is 2. The Morgan fingerprint density at radius 1 is 0.686 bits per heavy atom. The average Bonchev–Trinajstić information content (AvgIpc) is 2.86. The van der Waals surface area contributed by atoms with Crippen molar-refractivity contribution in [2.75, 3.05) is 46.1 Å². The van der Waals surface area contributed by atoms with Crippen molar-refractivity contribution in [1.82, 2.24) is 4.90 Å². The predicted molar refractivity (Wildman–Crippen MR) is 145 cm³/mol. The molecule has 0 atom stereocenters. The number of unbranched alkanes of at least 4 members (excludes halogenated alkanes) is 15. The highest BCUT2D eigenvalue weighted by molar-refractivity contribution is 5.69. The molecule has 0 bridgehead atoms. The third-order valence-corrected chi connectivity index (χ3v) is 6.45. The van der Waals surface area contributed by atoms with E-state index in [-0.39, 0.29) is 12.6 Å². The summed E-state index contributed by atoms with van der Waals surface area (Å²) >= 11 is 0. The smallest absolute Gasteiger partial charge is 0.305 e. The summed E-state index contributed by atoms with van der Waals surface area (Å²) in [6.45, 7) is 7.05. The molecular formula is C29H57NO5. The first kappa shape index (κ1) is 34.0. The summed E-state index contributed by atoms with van der Waals surface area (Å²) in [5, 5.41) is 8.88. The second-order valence-electron chi connectivity index (χ2n) is 9.76. The SMILES string of the molecule is CCCCCCCCCOC(=O)CCCCCCCN(CCCCCCCC=O)CCOCCO. The van der Waals surface area contributed by atoms with Crippen LogP contribution in [-0.2, 0) is 19.1 Å². The maximum Gasteiger partial charge on any atom is 0.305 e. The number of ether oxygens (including phenoxy) is 2. The van der Waals surface area contributed by atoms with Crippen LogP contribution in [0.15, 0.2) is 0 Å². The molecule has 35 heavy (non-hydrogen) atoms. The quantitative estimate of drug-likeness (QED) is 0.0722. The number of aliphatic hydroxyl groups is 1. The van der Waals surface area contributed by atoms with Crippen molar-refractivity contribution in [1.29, 1.82) is 0 Å². The van der Waals surface area contributed by atoms with E-state index in [1.54, 1.807) is 0 Å². The number of hydrogen-bond donors (Lipinski definition) is 1. The van der Waals surface area contributed by atoms with Crippen molar-refractivity contribution in [3.05, 3.63) is 0 Å². The highest BCUT2D eigenvalue weighted by Gasteiger charge is 2.06. The normalized spacial score (nSPS) is 11.3. The number of nitrogens with zero attached hydrogens (tertiary/aromatic N) is 1. The van der Waals surface area contributed by atoms with Gasteiger partial charge in [-0.15, -0.1) is 0 Å². The fourth-order valence-electron chi connectivity index (χ4n) is 4.24. The number of aldehydes is 1. The fraction of sp³-hybridized carbons (Fsp3) is 0.931. The van der Waals surface area contributed by atoms with Crippen LogP contribution in [0.1, 0.15) is 129 Å². The Hall–Kier alpha value is -0.980. The molecule has 0 radical (unpaired) electrons. The van der Waals surface area contributed by atoms with E-state index >= 15 is 0 Å². The zero-order valence-electron chi connectivity index (χ0n) is 23.0. The molecule has 0 aromatic carbocycles. The molecule has 6 nitrogen and oxygen atoms in total. The Kier molecular flexibility index (Phi) is 28.4. The molecule has 0 amide bonds. The molecule has 208 valence electrons. The summed E-state index contributed by atoms with van der Waals surface area (Å²) in [6.07, 6.45) is 22.2. The van der Waals surface area contributed by atoms with Crippen LogP contribution < -0.4 is 0 Å². The molecule has 0 aromatic rings.